The maximum absolute atomic E-state index is 12.5. The summed E-state index contributed by atoms with van der Waals surface area (Å²) in [4.78, 5) is 12.5. The summed E-state index contributed by atoms with van der Waals surface area (Å²) in [6.07, 6.45) is 0.719. The van der Waals surface area contributed by atoms with Crippen molar-refractivity contribution in [1.29, 1.82) is 0 Å². The zero-order valence-electron chi connectivity index (χ0n) is 14.5. The van der Waals surface area contributed by atoms with Crippen LogP contribution in [-0.4, -0.2) is 25.4 Å². The molecule has 134 valence electrons. The number of methoxy groups -OCH3 is 1. The molecule has 0 amide bonds. The van der Waals surface area contributed by atoms with Gasteiger partial charge in [-0.2, -0.15) is 0 Å². The molecule has 2 aromatic carbocycles. The van der Waals surface area contributed by atoms with Crippen LogP contribution in [0.3, 0.4) is 0 Å². The van der Waals surface area contributed by atoms with Gasteiger partial charge < -0.3 is 23.7 Å². The van der Waals surface area contributed by atoms with Crippen molar-refractivity contribution < 1.29 is 23.7 Å². The normalized spacial score (nSPS) is 13.0. The minimum atomic E-state index is -0.627. The minimum Gasteiger partial charge on any atom is -0.506 e. The molecule has 3 aromatic rings. The monoisotopic (exact) mass is 354 g/mol. The first-order chi connectivity index (χ1) is 12.6. The van der Waals surface area contributed by atoms with Gasteiger partial charge in [-0.25, -0.2) is 4.79 Å². The molecule has 0 bridgehead atoms. The molecule has 0 saturated carbocycles. The first kappa shape index (κ1) is 16.3. The second-order valence-electron chi connectivity index (χ2n) is 5.99. The quantitative estimate of drug-likeness (QED) is 0.725. The van der Waals surface area contributed by atoms with Gasteiger partial charge in [0.05, 0.1) is 12.5 Å². The third kappa shape index (κ3) is 2.54. The fourth-order valence-electron chi connectivity index (χ4n) is 3.18. The van der Waals surface area contributed by atoms with E-state index < -0.39 is 5.63 Å². The predicted molar refractivity (Wildman–Crippen MR) is 96.5 cm³/mol. The lowest BCUT2D eigenvalue weighted by atomic mass is 10.0. The number of hydrogen-bond acceptors (Lipinski definition) is 6. The average molecular weight is 354 g/mol. The van der Waals surface area contributed by atoms with Crippen molar-refractivity contribution in [2.75, 3.05) is 20.3 Å². The summed E-state index contributed by atoms with van der Waals surface area (Å²) in [7, 11) is 1.56. The fourth-order valence-corrected chi connectivity index (χ4v) is 3.18. The van der Waals surface area contributed by atoms with Crippen LogP contribution in [-0.2, 0) is 6.42 Å². The van der Waals surface area contributed by atoms with E-state index in [2.05, 4.69) is 0 Å². The first-order valence-electron chi connectivity index (χ1n) is 8.39. The standard InChI is InChI=1S/C20H18O6/c1-3-11-8-13-16(10-15(11)23-2)26-20(22)18(19(13)21)12-4-5-14-17(9-12)25-7-6-24-14/h4-5,8-10,21H,3,6-7H2,1-2H3. The van der Waals surface area contributed by atoms with E-state index in [1.807, 2.05) is 6.92 Å². The molecular formula is C20H18O6. The minimum absolute atomic E-state index is 0.0988. The molecular weight excluding hydrogens is 336 g/mol. The molecule has 6 heteroatoms. The largest absolute Gasteiger partial charge is 0.506 e. The highest BCUT2D eigenvalue weighted by Crippen LogP contribution is 2.39. The molecule has 1 aliphatic rings. The Balaban J connectivity index is 1.94. The topological polar surface area (TPSA) is 78.1 Å². The first-order valence-corrected chi connectivity index (χ1v) is 8.39. The van der Waals surface area contributed by atoms with Crippen LogP contribution >= 0.6 is 0 Å². The molecule has 0 spiro atoms. The van der Waals surface area contributed by atoms with E-state index in [1.54, 1.807) is 37.4 Å². The van der Waals surface area contributed by atoms with Gasteiger partial charge in [0.15, 0.2) is 11.5 Å². The number of aryl methyl sites for hydroxylation is 1. The molecule has 0 fully saturated rings. The number of rotatable bonds is 3. The average Bonchev–Trinajstić information content (AvgIpc) is 2.67. The smallest absolute Gasteiger partial charge is 0.347 e. The maximum atomic E-state index is 12.5. The summed E-state index contributed by atoms with van der Waals surface area (Å²) in [6, 6.07) is 8.52. The van der Waals surface area contributed by atoms with E-state index in [4.69, 9.17) is 18.6 Å². The van der Waals surface area contributed by atoms with Crippen molar-refractivity contribution in [1.82, 2.24) is 0 Å². The number of fused-ring (bicyclic) bond motifs is 2. The second-order valence-corrected chi connectivity index (χ2v) is 5.99. The molecule has 1 N–H and O–H groups in total. The van der Waals surface area contributed by atoms with Gasteiger partial charge in [0.1, 0.15) is 35.9 Å². The van der Waals surface area contributed by atoms with E-state index in [9.17, 15) is 9.90 Å². The number of ether oxygens (including phenoxy) is 3. The van der Waals surface area contributed by atoms with Crippen LogP contribution in [0.5, 0.6) is 23.0 Å². The van der Waals surface area contributed by atoms with Crippen molar-refractivity contribution in [3.63, 3.8) is 0 Å². The van der Waals surface area contributed by atoms with Gasteiger partial charge in [-0.05, 0) is 35.7 Å². The van der Waals surface area contributed by atoms with E-state index in [0.717, 1.165) is 12.0 Å². The SMILES string of the molecule is CCc1cc2c(O)c(-c3ccc4c(c3)OCCO4)c(=O)oc2cc1OC. The molecule has 1 aliphatic heterocycles. The number of aromatic hydroxyl groups is 1. The molecule has 4 rings (SSSR count). The lowest BCUT2D eigenvalue weighted by Gasteiger charge is -2.19. The van der Waals surface area contributed by atoms with Crippen molar-refractivity contribution in [3.8, 4) is 34.1 Å². The Labute approximate surface area is 149 Å². The molecule has 2 heterocycles. The van der Waals surface area contributed by atoms with Crippen LogP contribution in [0.25, 0.3) is 22.1 Å². The van der Waals surface area contributed by atoms with Crippen LogP contribution in [0.15, 0.2) is 39.5 Å². The predicted octanol–water partition coefficient (Wildman–Crippen LogP) is 3.51. The molecule has 1 aromatic heterocycles. The third-order valence-electron chi connectivity index (χ3n) is 4.49. The van der Waals surface area contributed by atoms with E-state index >= 15 is 0 Å². The molecule has 0 atom stereocenters. The summed E-state index contributed by atoms with van der Waals surface area (Å²) in [5.41, 5.74) is 1.18. The summed E-state index contributed by atoms with van der Waals surface area (Å²) >= 11 is 0. The van der Waals surface area contributed by atoms with Crippen molar-refractivity contribution in [2.45, 2.75) is 13.3 Å². The van der Waals surface area contributed by atoms with Gasteiger partial charge in [-0.3, -0.25) is 0 Å². The Kier molecular flexibility index (Phi) is 3.95. The summed E-state index contributed by atoms with van der Waals surface area (Å²) in [5, 5.41) is 11.3. The number of benzene rings is 2. The summed E-state index contributed by atoms with van der Waals surface area (Å²) in [5.74, 6) is 1.65. The molecule has 0 aliphatic carbocycles. The van der Waals surface area contributed by atoms with E-state index in [-0.39, 0.29) is 16.9 Å². The van der Waals surface area contributed by atoms with Crippen molar-refractivity contribution in [3.05, 3.63) is 46.3 Å². The zero-order valence-corrected chi connectivity index (χ0v) is 14.5. The highest BCUT2D eigenvalue weighted by molar-refractivity contribution is 5.92. The summed E-state index contributed by atoms with van der Waals surface area (Å²) in [6.45, 7) is 2.91. The maximum Gasteiger partial charge on any atom is 0.347 e. The molecule has 6 nitrogen and oxygen atoms in total. The van der Waals surface area contributed by atoms with E-state index in [1.165, 1.54) is 0 Å². The van der Waals surface area contributed by atoms with Gasteiger partial charge in [-0.15, -0.1) is 0 Å². The molecule has 26 heavy (non-hydrogen) atoms. The van der Waals surface area contributed by atoms with Gasteiger partial charge in [0, 0.05) is 6.07 Å². The van der Waals surface area contributed by atoms with Crippen LogP contribution < -0.4 is 19.8 Å². The zero-order chi connectivity index (χ0) is 18.3. The van der Waals surface area contributed by atoms with Crippen LogP contribution in [0.4, 0.5) is 0 Å². The lowest BCUT2D eigenvalue weighted by molar-refractivity contribution is 0.171. The third-order valence-corrected chi connectivity index (χ3v) is 4.49. The Morgan fingerprint density at radius 1 is 1.12 bits per heavy atom. The molecule has 0 saturated heterocycles. The van der Waals surface area contributed by atoms with Crippen molar-refractivity contribution in [2.24, 2.45) is 0 Å². The van der Waals surface area contributed by atoms with Crippen LogP contribution in [0.1, 0.15) is 12.5 Å². The van der Waals surface area contributed by atoms with Gasteiger partial charge in [0.2, 0.25) is 0 Å². The van der Waals surface area contributed by atoms with Gasteiger partial charge in [0.25, 0.3) is 0 Å². The Morgan fingerprint density at radius 3 is 2.62 bits per heavy atom. The highest BCUT2D eigenvalue weighted by Gasteiger charge is 2.20. The number of hydrogen-bond donors (Lipinski definition) is 1. The van der Waals surface area contributed by atoms with E-state index in [0.29, 0.717) is 41.4 Å². The lowest BCUT2D eigenvalue weighted by Crippen LogP contribution is -2.15. The van der Waals surface area contributed by atoms with Crippen LogP contribution in [0, 0.1) is 0 Å². The Hall–Kier alpha value is -3.15. The van der Waals surface area contributed by atoms with Crippen LogP contribution in [0.2, 0.25) is 0 Å². The highest BCUT2D eigenvalue weighted by atomic mass is 16.6. The van der Waals surface area contributed by atoms with Crippen molar-refractivity contribution >= 4 is 11.0 Å². The Morgan fingerprint density at radius 2 is 1.88 bits per heavy atom. The summed E-state index contributed by atoms with van der Waals surface area (Å²) < 4.78 is 21.8. The van der Waals surface area contributed by atoms with Gasteiger partial charge in [-0.1, -0.05) is 13.0 Å². The Bertz CT molecular complexity index is 1050. The van der Waals surface area contributed by atoms with Gasteiger partial charge >= 0.3 is 5.63 Å². The molecule has 0 unspecified atom stereocenters. The second kappa shape index (κ2) is 6.29. The fraction of sp³-hybridized carbons (Fsp3) is 0.250. The molecule has 0 radical (unpaired) electrons.